The molecule has 1 atom stereocenters. The van der Waals surface area contributed by atoms with Gasteiger partial charge in [-0.2, -0.15) is 0 Å². The molecular formula is C20H23ClN4O3. The molecule has 2 heterocycles. The highest BCUT2D eigenvalue weighted by Crippen LogP contribution is 2.39. The lowest BCUT2D eigenvalue weighted by molar-refractivity contribution is -0.0721. The second-order valence-electron chi connectivity index (χ2n) is 6.99. The number of aryl methyl sites for hydroxylation is 1. The Morgan fingerprint density at radius 3 is 2.86 bits per heavy atom. The van der Waals surface area contributed by atoms with Gasteiger partial charge in [0.15, 0.2) is 0 Å². The van der Waals surface area contributed by atoms with Gasteiger partial charge in [-0.25, -0.2) is 9.97 Å². The van der Waals surface area contributed by atoms with Crippen molar-refractivity contribution >= 4 is 34.1 Å². The van der Waals surface area contributed by atoms with Gasteiger partial charge < -0.3 is 24.5 Å². The van der Waals surface area contributed by atoms with Crippen molar-refractivity contribution < 1.29 is 14.2 Å². The number of hydrogen-bond acceptors (Lipinski definition) is 6. The van der Waals surface area contributed by atoms with Crippen molar-refractivity contribution in [3.05, 3.63) is 40.8 Å². The molecule has 2 N–H and O–H groups in total. The molecule has 8 heteroatoms. The Hall–Kier alpha value is -2.35. The zero-order valence-corrected chi connectivity index (χ0v) is 16.9. The predicted octanol–water partition coefficient (Wildman–Crippen LogP) is 3.88. The number of fused-ring (bicyclic) bond motifs is 3. The molecule has 0 saturated carbocycles. The van der Waals surface area contributed by atoms with Gasteiger partial charge in [-0.1, -0.05) is 11.6 Å². The summed E-state index contributed by atoms with van der Waals surface area (Å²) in [5.74, 6) is 1.39. The van der Waals surface area contributed by atoms with Gasteiger partial charge in [0.1, 0.15) is 23.5 Å². The molecule has 148 valence electrons. The molecule has 0 amide bonds. The van der Waals surface area contributed by atoms with Crippen molar-refractivity contribution in [2.24, 2.45) is 0 Å². The van der Waals surface area contributed by atoms with Gasteiger partial charge in [0.05, 0.1) is 30.4 Å². The number of benzene rings is 1. The van der Waals surface area contributed by atoms with E-state index in [2.05, 4.69) is 20.3 Å². The van der Waals surface area contributed by atoms with Crippen molar-refractivity contribution in [2.45, 2.75) is 24.9 Å². The van der Waals surface area contributed by atoms with Crippen LogP contribution in [0.25, 0.3) is 11.0 Å². The summed E-state index contributed by atoms with van der Waals surface area (Å²) < 4.78 is 16.8. The highest BCUT2D eigenvalue weighted by molar-refractivity contribution is 6.31. The van der Waals surface area contributed by atoms with Gasteiger partial charge in [-0.05, 0) is 36.6 Å². The van der Waals surface area contributed by atoms with E-state index >= 15 is 0 Å². The van der Waals surface area contributed by atoms with Gasteiger partial charge >= 0.3 is 0 Å². The first-order valence-electron chi connectivity index (χ1n) is 9.08. The monoisotopic (exact) mass is 402 g/mol. The van der Waals surface area contributed by atoms with Crippen molar-refractivity contribution in [3.8, 4) is 5.75 Å². The molecule has 0 radical (unpaired) electrons. The molecule has 1 aliphatic rings. The fraction of sp³-hybridized carbons (Fsp3) is 0.400. The quantitative estimate of drug-likeness (QED) is 0.651. The Morgan fingerprint density at radius 1 is 1.25 bits per heavy atom. The van der Waals surface area contributed by atoms with Crippen LogP contribution < -0.4 is 10.1 Å². The fourth-order valence-corrected chi connectivity index (χ4v) is 4.10. The van der Waals surface area contributed by atoms with Crippen LogP contribution in [0, 0.1) is 0 Å². The number of nitrogens with one attached hydrogen (secondary N) is 2. The topological polar surface area (TPSA) is 81.3 Å². The predicted molar refractivity (Wildman–Crippen MR) is 109 cm³/mol. The zero-order valence-electron chi connectivity index (χ0n) is 16.1. The largest absolute Gasteiger partial charge is 0.495 e. The van der Waals surface area contributed by atoms with Gasteiger partial charge in [0.25, 0.3) is 0 Å². The molecule has 0 bridgehead atoms. The number of anilines is 2. The van der Waals surface area contributed by atoms with E-state index in [1.54, 1.807) is 33.7 Å². The Bertz CT molecular complexity index is 1010. The van der Waals surface area contributed by atoms with E-state index in [1.807, 2.05) is 12.1 Å². The van der Waals surface area contributed by atoms with E-state index in [4.69, 9.17) is 25.8 Å². The SMILES string of the molecule is COC[C@]1(OC)CCc2[nH]c3ncnc(Nc4cc(Cl)ccc4OC)c3c2C1. The summed E-state index contributed by atoms with van der Waals surface area (Å²) in [5.41, 5.74) is 3.52. The van der Waals surface area contributed by atoms with Crippen LogP contribution in [-0.2, 0) is 22.3 Å². The van der Waals surface area contributed by atoms with E-state index in [1.165, 1.54) is 5.69 Å². The Morgan fingerprint density at radius 2 is 2.11 bits per heavy atom. The van der Waals surface area contributed by atoms with Crippen LogP contribution >= 0.6 is 11.6 Å². The molecule has 0 saturated heterocycles. The van der Waals surface area contributed by atoms with Crippen molar-refractivity contribution in [3.63, 3.8) is 0 Å². The number of rotatable bonds is 6. The number of halogens is 1. The number of hydrogen-bond donors (Lipinski definition) is 2. The highest BCUT2D eigenvalue weighted by Gasteiger charge is 2.37. The molecule has 0 fully saturated rings. The van der Waals surface area contributed by atoms with Crippen LogP contribution in [0.15, 0.2) is 24.5 Å². The summed E-state index contributed by atoms with van der Waals surface area (Å²) in [6, 6.07) is 5.43. The molecule has 1 aliphatic carbocycles. The van der Waals surface area contributed by atoms with Crippen LogP contribution in [-0.4, -0.2) is 48.5 Å². The number of ether oxygens (including phenoxy) is 3. The maximum atomic E-state index is 6.18. The third kappa shape index (κ3) is 3.30. The molecule has 7 nitrogen and oxygen atoms in total. The standard InChI is InChI=1S/C20H23ClN4O3/c1-26-10-20(28-3)7-6-14-13(9-20)17-18(24-14)22-11-23-19(17)25-15-8-12(21)4-5-16(15)27-2/h4-5,8,11H,6-7,9-10H2,1-3H3,(H2,22,23,24,25)/t20-/m0/s1. The van der Waals surface area contributed by atoms with Crippen LogP contribution in [0.4, 0.5) is 11.5 Å². The third-order valence-electron chi connectivity index (χ3n) is 5.37. The lowest BCUT2D eigenvalue weighted by atomic mass is 9.83. The van der Waals surface area contributed by atoms with E-state index in [-0.39, 0.29) is 5.60 Å². The molecule has 0 spiro atoms. The number of aromatic nitrogens is 3. The fourth-order valence-electron chi connectivity index (χ4n) is 3.93. The molecule has 28 heavy (non-hydrogen) atoms. The average molecular weight is 403 g/mol. The Kier molecular flexibility index (Phi) is 5.14. The van der Waals surface area contributed by atoms with E-state index < -0.39 is 0 Å². The first kappa shape index (κ1) is 19.0. The molecule has 3 aromatic rings. The van der Waals surface area contributed by atoms with Crippen LogP contribution in [0.5, 0.6) is 5.75 Å². The number of methoxy groups -OCH3 is 3. The lowest BCUT2D eigenvalue weighted by Crippen LogP contribution is -2.42. The van der Waals surface area contributed by atoms with Gasteiger partial charge in [0.2, 0.25) is 0 Å². The lowest BCUT2D eigenvalue weighted by Gasteiger charge is -2.35. The summed E-state index contributed by atoms with van der Waals surface area (Å²) in [6.45, 7) is 0.536. The van der Waals surface area contributed by atoms with Crippen molar-refractivity contribution in [2.75, 3.05) is 33.3 Å². The molecule has 2 aromatic heterocycles. The molecule has 0 aliphatic heterocycles. The normalized spacial score (nSPS) is 18.9. The second-order valence-corrected chi connectivity index (χ2v) is 7.43. The van der Waals surface area contributed by atoms with Gasteiger partial charge in [-0.3, -0.25) is 0 Å². The van der Waals surface area contributed by atoms with Crippen molar-refractivity contribution in [1.82, 2.24) is 15.0 Å². The zero-order chi connectivity index (χ0) is 19.7. The minimum absolute atomic E-state index is 0.349. The number of H-pyrrole nitrogens is 1. The van der Waals surface area contributed by atoms with E-state index in [0.717, 1.165) is 41.5 Å². The first-order valence-corrected chi connectivity index (χ1v) is 9.46. The molecule has 1 aromatic carbocycles. The summed E-state index contributed by atoms with van der Waals surface area (Å²) in [6.07, 6.45) is 4.02. The first-order chi connectivity index (χ1) is 13.6. The van der Waals surface area contributed by atoms with Crippen LogP contribution in [0.1, 0.15) is 17.7 Å². The number of aromatic amines is 1. The summed E-state index contributed by atoms with van der Waals surface area (Å²) >= 11 is 6.18. The minimum Gasteiger partial charge on any atom is -0.495 e. The van der Waals surface area contributed by atoms with Crippen molar-refractivity contribution in [1.29, 1.82) is 0 Å². The maximum Gasteiger partial charge on any atom is 0.143 e. The molecular weight excluding hydrogens is 380 g/mol. The van der Waals surface area contributed by atoms with Crippen LogP contribution in [0.3, 0.4) is 0 Å². The van der Waals surface area contributed by atoms with E-state index in [0.29, 0.717) is 23.2 Å². The van der Waals surface area contributed by atoms with Gasteiger partial charge in [0, 0.05) is 31.4 Å². The minimum atomic E-state index is -0.349. The Balaban J connectivity index is 1.80. The van der Waals surface area contributed by atoms with E-state index in [9.17, 15) is 0 Å². The highest BCUT2D eigenvalue weighted by atomic mass is 35.5. The smallest absolute Gasteiger partial charge is 0.143 e. The third-order valence-corrected chi connectivity index (χ3v) is 5.60. The van der Waals surface area contributed by atoms with Gasteiger partial charge in [-0.15, -0.1) is 0 Å². The van der Waals surface area contributed by atoms with Crippen LogP contribution in [0.2, 0.25) is 5.02 Å². The Labute approximate surface area is 168 Å². The second kappa shape index (κ2) is 7.58. The molecule has 4 rings (SSSR count). The number of nitrogens with zero attached hydrogens (tertiary/aromatic N) is 2. The molecule has 0 unspecified atom stereocenters. The maximum absolute atomic E-state index is 6.18. The summed E-state index contributed by atoms with van der Waals surface area (Å²) in [7, 11) is 5.07. The average Bonchev–Trinajstić information content (AvgIpc) is 3.07. The summed E-state index contributed by atoms with van der Waals surface area (Å²) in [5, 5.41) is 4.94. The summed E-state index contributed by atoms with van der Waals surface area (Å²) in [4.78, 5) is 12.4.